The van der Waals surface area contributed by atoms with E-state index in [0.717, 1.165) is 16.7 Å². The third kappa shape index (κ3) is 6.10. The molecular formula is C33H31NO6. The number of ether oxygens (including phenoxy) is 3. The largest absolute Gasteiger partial charge is 0.497 e. The van der Waals surface area contributed by atoms with Crippen LogP contribution in [0.2, 0.25) is 0 Å². The topological polar surface area (TPSA) is 94.1 Å². The number of amides is 1. The summed E-state index contributed by atoms with van der Waals surface area (Å²) >= 11 is 0. The molecule has 0 heterocycles. The van der Waals surface area contributed by atoms with Crippen LogP contribution >= 0.6 is 0 Å². The predicted octanol–water partition coefficient (Wildman–Crippen LogP) is 6.64. The maximum atomic E-state index is 12.8. The molecule has 0 spiro atoms. The van der Waals surface area contributed by atoms with E-state index >= 15 is 0 Å². The number of aliphatic carboxylic acids is 1. The SMILES string of the molecule is COc1ccc(CNC(=O)OCC2c3ccccc3-c3ccccc32)c(-c2ccc(OCCCC(=O)O)cc2)c1. The maximum Gasteiger partial charge on any atom is 0.407 e. The monoisotopic (exact) mass is 537 g/mol. The molecule has 0 bridgehead atoms. The zero-order chi connectivity index (χ0) is 27.9. The fraction of sp³-hybridized carbons (Fsp3) is 0.212. The lowest BCUT2D eigenvalue weighted by Crippen LogP contribution is -2.26. The van der Waals surface area contributed by atoms with Crippen LogP contribution in [0.5, 0.6) is 11.5 Å². The van der Waals surface area contributed by atoms with Crippen molar-refractivity contribution in [3.05, 3.63) is 108 Å². The van der Waals surface area contributed by atoms with Crippen molar-refractivity contribution < 1.29 is 28.9 Å². The fourth-order valence-corrected chi connectivity index (χ4v) is 5.07. The Kier molecular flexibility index (Phi) is 8.30. The van der Waals surface area contributed by atoms with Gasteiger partial charge in [0.2, 0.25) is 0 Å². The van der Waals surface area contributed by atoms with Crippen LogP contribution in [0.25, 0.3) is 22.3 Å². The number of benzene rings is 4. The highest BCUT2D eigenvalue weighted by atomic mass is 16.5. The van der Waals surface area contributed by atoms with E-state index in [0.29, 0.717) is 24.5 Å². The van der Waals surface area contributed by atoms with E-state index in [-0.39, 0.29) is 25.5 Å². The Morgan fingerprint density at radius 1 is 0.825 bits per heavy atom. The van der Waals surface area contributed by atoms with E-state index in [9.17, 15) is 9.59 Å². The smallest absolute Gasteiger partial charge is 0.407 e. The Balaban J connectivity index is 1.22. The van der Waals surface area contributed by atoms with Gasteiger partial charge in [0.05, 0.1) is 13.7 Å². The van der Waals surface area contributed by atoms with Gasteiger partial charge in [-0.05, 0) is 69.6 Å². The zero-order valence-electron chi connectivity index (χ0n) is 22.3. The summed E-state index contributed by atoms with van der Waals surface area (Å²) in [5, 5.41) is 11.7. The van der Waals surface area contributed by atoms with Crippen LogP contribution in [-0.4, -0.2) is 37.5 Å². The number of carboxylic acids is 1. The number of hydrogen-bond acceptors (Lipinski definition) is 5. The molecule has 1 amide bonds. The second-order valence-electron chi connectivity index (χ2n) is 9.57. The standard InChI is InChI=1S/C33H31NO6/c1-38-25-17-14-23(30(19-25)22-12-15-24(16-13-22)39-18-6-11-32(35)36)20-34-33(37)40-21-31-28-9-4-2-7-26(28)27-8-3-5-10-29(27)31/h2-5,7-10,12-17,19,31H,6,11,18,20-21H2,1H3,(H,34,37)(H,35,36). The summed E-state index contributed by atoms with van der Waals surface area (Å²) in [7, 11) is 1.61. The van der Waals surface area contributed by atoms with Crippen molar-refractivity contribution in [3.63, 3.8) is 0 Å². The second kappa shape index (κ2) is 12.4. The molecule has 2 N–H and O–H groups in total. The lowest BCUT2D eigenvalue weighted by atomic mass is 9.98. The van der Waals surface area contributed by atoms with E-state index in [1.165, 1.54) is 22.3 Å². The minimum Gasteiger partial charge on any atom is -0.497 e. The Labute approximate surface area is 233 Å². The molecule has 0 unspecified atom stereocenters. The Bertz CT molecular complexity index is 1450. The van der Waals surface area contributed by atoms with E-state index in [1.807, 2.05) is 66.7 Å². The fourth-order valence-electron chi connectivity index (χ4n) is 5.07. The molecule has 0 fully saturated rings. The molecule has 204 valence electrons. The van der Waals surface area contributed by atoms with Crippen LogP contribution < -0.4 is 14.8 Å². The molecule has 7 heteroatoms. The molecule has 0 aromatic heterocycles. The van der Waals surface area contributed by atoms with Gasteiger partial charge < -0.3 is 24.6 Å². The molecular weight excluding hydrogens is 506 g/mol. The van der Waals surface area contributed by atoms with Crippen LogP contribution in [0.15, 0.2) is 91.0 Å². The first-order valence-corrected chi connectivity index (χ1v) is 13.2. The van der Waals surface area contributed by atoms with Gasteiger partial charge in [-0.2, -0.15) is 0 Å². The van der Waals surface area contributed by atoms with Crippen LogP contribution in [0.4, 0.5) is 4.79 Å². The number of nitrogens with one attached hydrogen (secondary N) is 1. The molecule has 7 nitrogen and oxygen atoms in total. The molecule has 0 atom stereocenters. The Hall–Kier alpha value is -4.78. The summed E-state index contributed by atoms with van der Waals surface area (Å²) in [4.78, 5) is 23.4. The van der Waals surface area contributed by atoms with Crippen molar-refractivity contribution in [1.29, 1.82) is 0 Å². The van der Waals surface area contributed by atoms with Crippen molar-refractivity contribution in [2.24, 2.45) is 0 Å². The lowest BCUT2D eigenvalue weighted by Gasteiger charge is -2.16. The van der Waals surface area contributed by atoms with Gasteiger partial charge in [0.25, 0.3) is 0 Å². The van der Waals surface area contributed by atoms with Crippen LogP contribution in [0.3, 0.4) is 0 Å². The molecule has 5 rings (SSSR count). The summed E-state index contributed by atoms with van der Waals surface area (Å²) < 4.78 is 16.8. The van der Waals surface area contributed by atoms with E-state index in [2.05, 4.69) is 29.6 Å². The first-order valence-electron chi connectivity index (χ1n) is 13.2. The Morgan fingerprint density at radius 3 is 2.12 bits per heavy atom. The zero-order valence-corrected chi connectivity index (χ0v) is 22.3. The van der Waals surface area contributed by atoms with Crippen LogP contribution in [0.1, 0.15) is 35.4 Å². The summed E-state index contributed by atoms with van der Waals surface area (Å²) in [6.07, 6.45) is 0.0364. The molecule has 1 aliphatic carbocycles. The minimum atomic E-state index is -0.837. The molecule has 0 saturated heterocycles. The normalized spacial score (nSPS) is 11.8. The van der Waals surface area contributed by atoms with Gasteiger partial charge >= 0.3 is 12.1 Å². The van der Waals surface area contributed by atoms with Crippen LogP contribution in [-0.2, 0) is 16.1 Å². The summed E-state index contributed by atoms with van der Waals surface area (Å²) in [6.45, 7) is 0.868. The van der Waals surface area contributed by atoms with Crippen LogP contribution in [0, 0.1) is 0 Å². The molecule has 0 radical (unpaired) electrons. The molecule has 0 aliphatic heterocycles. The first kappa shape index (κ1) is 26.8. The summed E-state index contributed by atoms with van der Waals surface area (Å²) in [5.74, 6) is 0.528. The van der Waals surface area contributed by atoms with Gasteiger partial charge in [-0.25, -0.2) is 4.79 Å². The quantitative estimate of drug-likeness (QED) is 0.208. The number of fused-ring (bicyclic) bond motifs is 3. The van der Waals surface area contributed by atoms with Gasteiger partial charge in [0.15, 0.2) is 0 Å². The summed E-state index contributed by atoms with van der Waals surface area (Å²) in [5.41, 5.74) is 7.46. The average molecular weight is 538 g/mol. The van der Waals surface area contributed by atoms with Gasteiger partial charge in [-0.1, -0.05) is 66.7 Å². The third-order valence-corrected chi connectivity index (χ3v) is 7.05. The van der Waals surface area contributed by atoms with Gasteiger partial charge in [0, 0.05) is 18.9 Å². The second-order valence-corrected chi connectivity index (χ2v) is 9.57. The summed E-state index contributed by atoms with van der Waals surface area (Å²) in [6, 6.07) is 29.8. The molecule has 40 heavy (non-hydrogen) atoms. The van der Waals surface area contributed by atoms with Crippen molar-refractivity contribution >= 4 is 12.1 Å². The molecule has 4 aromatic rings. The van der Waals surface area contributed by atoms with E-state index in [1.54, 1.807) is 7.11 Å². The minimum absolute atomic E-state index is 0.000409. The average Bonchev–Trinajstić information content (AvgIpc) is 3.31. The van der Waals surface area contributed by atoms with E-state index in [4.69, 9.17) is 19.3 Å². The molecule has 0 saturated carbocycles. The number of hydrogen-bond donors (Lipinski definition) is 2. The van der Waals surface area contributed by atoms with Crippen molar-refractivity contribution in [3.8, 4) is 33.8 Å². The molecule has 4 aromatic carbocycles. The highest BCUT2D eigenvalue weighted by molar-refractivity contribution is 5.79. The number of methoxy groups -OCH3 is 1. The maximum absolute atomic E-state index is 12.8. The van der Waals surface area contributed by atoms with Crippen molar-refractivity contribution in [2.45, 2.75) is 25.3 Å². The number of rotatable bonds is 11. The lowest BCUT2D eigenvalue weighted by molar-refractivity contribution is -0.137. The number of carbonyl (C=O) groups excluding carboxylic acids is 1. The first-order chi connectivity index (χ1) is 19.5. The highest BCUT2D eigenvalue weighted by Crippen LogP contribution is 2.44. The van der Waals surface area contributed by atoms with E-state index < -0.39 is 12.1 Å². The highest BCUT2D eigenvalue weighted by Gasteiger charge is 2.29. The van der Waals surface area contributed by atoms with Crippen molar-refractivity contribution in [2.75, 3.05) is 20.3 Å². The molecule has 1 aliphatic rings. The number of carbonyl (C=O) groups is 2. The predicted molar refractivity (Wildman–Crippen MR) is 153 cm³/mol. The van der Waals surface area contributed by atoms with Gasteiger partial charge in [0.1, 0.15) is 18.1 Å². The van der Waals surface area contributed by atoms with Gasteiger partial charge in [-0.3, -0.25) is 4.79 Å². The van der Waals surface area contributed by atoms with Crippen molar-refractivity contribution in [1.82, 2.24) is 5.32 Å². The Morgan fingerprint density at radius 2 is 1.48 bits per heavy atom. The number of alkyl carbamates (subject to hydrolysis) is 1. The van der Waals surface area contributed by atoms with Gasteiger partial charge in [-0.15, -0.1) is 0 Å². The third-order valence-electron chi connectivity index (χ3n) is 7.05. The number of carboxylic acid groups (broad SMARTS) is 1.